The number of hydrogen-bond acceptors (Lipinski definition) is 6. The van der Waals surface area contributed by atoms with E-state index >= 15 is 0 Å². The van der Waals surface area contributed by atoms with Crippen molar-refractivity contribution in [3.8, 4) is 0 Å². The summed E-state index contributed by atoms with van der Waals surface area (Å²) in [6.07, 6.45) is 2.23. The highest BCUT2D eigenvalue weighted by Crippen LogP contribution is 2.18. The molecule has 1 heterocycles. The standard InChI is InChI=1S/C15H24BrNO4S/c1-10(16)6-13(21-15(19)7-11(2)20-3)8-14-17-12(4-5-18)9-22-14/h6,9,11,13,15,18-19H,4-5,7-8H2,1-3H3/b10-6+/t11-,13+,15?/m0/s1. The van der Waals surface area contributed by atoms with Gasteiger partial charge in [0.05, 0.1) is 22.9 Å². The molecule has 0 fully saturated rings. The predicted molar refractivity (Wildman–Crippen MR) is 91.3 cm³/mol. The van der Waals surface area contributed by atoms with Crippen LogP contribution in [-0.4, -0.2) is 47.4 Å². The summed E-state index contributed by atoms with van der Waals surface area (Å²) in [5.41, 5.74) is 0.884. The minimum Gasteiger partial charge on any atom is -0.396 e. The first-order valence-electron chi connectivity index (χ1n) is 7.19. The number of aromatic nitrogens is 1. The maximum absolute atomic E-state index is 10.0. The van der Waals surface area contributed by atoms with Gasteiger partial charge in [-0.15, -0.1) is 11.3 Å². The Kier molecular flexibility index (Phi) is 9.39. The van der Waals surface area contributed by atoms with Gasteiger partial charge >= 0.3 is 0 Å². The fourth-order valence-corrected chi connectivity index (χ4v) is 3.05. The van der Waals surface area contributed by atoms with E-state index in [1.54, 1.807) is 7.11 Å². The van der Waals surface area contributed by atoms with Crippen LogP contribution in [0.5, 0.6) is 0 Å². The third kappa shape index (κ3) is 7.80. The lowest BCUT2D eigenvalue weighted by Crippen LogP contribution is -2.26. The molecule has 22 heavy (non-hydrogen) atoms. The fraction of sp³-hybridized carbons (Fsp3) is 0.667. The van der Waals surface area contributed by atoms with Gasteiger partial charge in [0.2, 0.25) is 0 Å². The molecule has 1 unspecified atom stereocenters. The van der Waals surface area contributed by atoms with Crippen molar-refractivity contribution in [2.24, 2.45) is 0 Å². The molecule has 126 valence electrons. The number of hydrogen-bond donors (Lipinski definition) is 2. The van der Waals surface area contributed by atoms with Crippen molar-refractivity contribution in [1.29, 1.82) is 0 Å². The average Bonchev–Trinajstić information content (AvgIpc) is 2.85. The maximum atomic E-state index is 10.0. The van der Waals surface area contributed by atoms with Gasteiger partial charge in [-0.2, -0.15) is 0 Å². The first-order chi connectivity index (χ1) is 10.4. The Morgan fingerprint density at radius 2 is 2.27 bits per heavy atom. The molecule has 7 heteroatoms. The first kappa shape index (κ1) is 19.7. The number of aliphatic hydroxyl groups excluding tert-OH is 2. The molecule has 0 aromatic carbocycles. The molecule has 0 aliphatic heterocycles. The van der Waals surface area contributed by atoms with Crippen LogP contribution in [0.3, 0.4) is 0 Å². The van der Waals surface area contributed by atoms with E-state index in [4.69, 9.17) is 14.6 Å². The van der Waals surface area contributed by atoms with E-state index in [-0.39, 0.29) is 18.8 Å². The monoisotopic (exact) mass is 393 g/mol. The van der Waals surface area contributed by atoms with E-state index in [0.717, 1.165) is 15.2 Å². The molecule has 0 amide bonds. The number of allylic oxidation sites excluding steroid dienone is 1. The molecule has 0 radical (unpaired) electrons. The summed E-state index contributed by atoms with van der Waals surface area (Å²) in [5, 5.41) is 21.8. The van der Waals surface area contributed by atoms with E-state index in [1.807, 2.05) is 25.3 Å². The van der Waals surface area contributed by atoms with Crippen LogP contribution < -0.4 is 0 Å². The van der Waals surface area contributed by atoms with Crippen molar-refractivity contribution in [2.75, 3.05) is 13.7 Å². The summed E-state index contributed by atoms with van der Waals surface area (Å²) in [5.74, 6) is 0. The second-order valence-electron chi connectivity index (χ2n) is 5.07. The summed E-state index contributed by atoms with van der Waals surface area (Å²) >= 11 is 4.93. The quantitative estimate of drug-likeness (QED) is 0.597. The summed E-state index contributed by atoms with van der Waals surface area (Å²) in [7, 11) is 1.61. The molecule has 0 aliphatic rings. The lowest BCUT2D eigenvalue weighted by molar-refractivity contribution is -0.140. The van der Waals surface area contributed by atoms with Gasteiger partial charge in [0.1, 0.15) is 0 Å². The van der Waals surface area contributed by atoms with Gasteiger partial charge in [0.25, 0.3) is 0 Å². The van der Waals surface area contributed by atoms with E-state index in [9.17, 15) is 5.11 Å². The largest absolute Gasteiger partial charge is 0.396 e. The maximum Gasteiger partial charge on any atom is 0.157 e. The number of halogens is 1. The lowest BCUT2D eigenvalue weighted by Gasteiger charge is -2.20. The number of methoxy groups -OCH3 is 1. The van der Waals surface area contributed by atoms with Crippen molar-refractivity contribution < 1.29 is 19.7 Å². The normalized spacial score (nSPS) is 16.5. The third-order valence-corrected chi connectivity index (χ3v) is 4.21. The Morgan fingerprint density at radius 3 is 2.86 bits per heavy atom. The molecule has 2 N–H and O–H groups in total. The van der Waals surface area contributed by atoms with Crippen LogP contribution in [0.2, 0.25) is 0 Å². The van der Waals surface area contributed by atoms with E-state index in [0.29, 0.717) is 19.3 Å². The Hall–Kier alpha value is -0.310. The molecular formula is C15H24BrNO4S. The van der Waals surface area contributed by atoms with E-state index < -0.39 is 6.29 Å². The lowest BCUT2D eigenvalue weighted by atomic mass is 10.2. The Morgan fingerprint density at radius 1 is 1.55 bits per heavy atom. The molecule has 1 aromatic rings. The predicted octanol–water partition coefficient (Wildman–Crippen LogP) is 2.65. The highest BCUT2D eigenvalue weighted by molar-refractivity contribution is 9.11. The molecule has 0 aliphatic carbocycles. The van der Waals surface area contributed by atoms with Crippen LogP contribution in [0.15, 0.2) is 15.9 Å². The topological polar surface area (TPSA) is 71.8 Å². The SMILES string of the molecule is CO[C@@H](C)CC(O)O[C@H](/C=C(\C)Br)Cc1nc(CCO)cs1. The van der Waals surface area contributed by atoms with Gasteiger partial charge in [-0.3, -0.25) is 0 Å². The summed E-state index contributed by atoms with van der Waals surface area (Å²) < 4.78 is 11.8. The number of ether oxygens (including phenoxy) is 2. The Bertz CT molecular complexity index is 462. The van der Waals surface area contributed by atoms with Gasteiger partial charge in [0.15, 0.2) is 6.29 Å². The third-order valence-electron chi connectivity index (χ3n) is 3.03. The zero-order valence-electron chi connectivity index (χ0n) is 13.2. The van der Waals surface area contributed by atoms with Crippen LogP contribution in [0, 0.1) is 0 Å². The molecule has 0 spiro atoms. The molecule has 5 nitrogen and oxygen atoms in total. The number of thiazole rings is 1. The molecule has 0 bridgehead atoms. The summed E-state index contributed by atoms with van der Waals surface area (Å²) in [4.78, 5) is 4.46. The van der Waals surface area contributed by atoms with Crippen molar-refractivity contribution in [1.82, 2.24) is 4.98 Å². The zero-order chi connectivity index (χ0) is 16.5. The fourth-order valence-electron chi connectivity index (χ4n) is 1.88. The summed E-state index contributed by atoms with van der Waals surface area (Å²) in [6.45, 7) is 3.89. The molecule has 0 saturated heterocycles. The molecule has 1 aromatic heterocycles. The van der Waals surface area contributed by atoms with Gasteiger partial charge < -0.3 is 19.7 Å². The van der Waals surface area contributed by atoms with Crippen molar-refractivity contribution >= 4 is 27.3 Å². The average molecular weight is 394 g/mol. The number of nitrogens with zero attached hydrogens (tertiary/aromatic N) is 1. The van der Waals surface area contributed by atoms with E-state index in [1.165, 1.54) is 11.3 Å². The molecular weight excluding hydrogens is 370 g/mol. The van der Waals surface area contributed by atoms with E-state index in [2.05, 4.69) is 20.9 Å². The number of rotatable bonds is 10. The smallest absolute Gasteiger partial charge is 0.157 e. The van der Waals surface area contributed by atoms with Gasteiger partial charge in [-0.05, 0) is 24.4 Å². The second-order valence-corrected chi connectivity index (χ2v) is 7.27. The highest BCUT2D eigenvalue weighted by Gasteiger charge is 2.17. The van der Waals surface area contributed by atoms with Crippen LogP contribution in [0.4, 0.5) is 0 Å². The van der Waals surface area contributed by atoms with Crippen LogP contribution in [0.1, 0.15) is 31.0 Å². The van der Waals surface area contributed by atoms with Gasteiger partial charge in [0, 0.05) is 38.4 Å². The highest BCUT2D eigenvalue weighted by atomic mass is 79.9. The second kappa shape index (κ2) is 10.5. The molecule has 0 saturated carbocycles. The Balaban J connectivity index is 2.65. The first-order valence-corrected chi connectivity index (χ1v) is 8.86. The Labute approximate surface area is 144 Å². The minimum absolute atomic E-state index is 0.0688. The van der Waals surface area contributed by atoms with Crippen molar-refractivity contribution in [3.05, 3.63) is 26.6 Å². The number of aliphatic hydroxyl groups is 2. The van der Waals surface area contributed by atoms with Crippen LogP contribution in [-0.2, 0) is 22.3 Å². The molecule has 3 atom stereocenters. The van der Waals surface area contributed by atoms with Crippen molar-refractivity contribution in [3.63, 3.8) is 0 Å². The molecule has 1 rings (SSSR count). The van der Waals surface area contributed by atoms with Gasteiger partial charge in [-0.1, -0.05) is 15.9 Å². The minimum atomic E-state index is -0.889. The van der Waals surface area contributed by atoms with Crippen LogP contribution in [0.25, 0.3) is 0 Å². The van der Waals surface area contributed by atoms with Gasteiger partial charge in [-0.25, -0.2) is 4.98 Å². The summed E-state index contributed by atoms with van der Waals surface area (Å²) in [6, 6.07) is 0. The van der Waals surface area contributed by atoms with Crippen LogP contribution >= 0.6 is 27.3 Å². The zero-order valence-corrected chi connectivity index (χ0v) is 15.6. The van der Waals surface area contributed by atoms with Crippen molar-refractivity contribution in [2.45, 2.75) is 51.6 Å².